The number of benzene rings is 1. The predicted octanol–water partition coefficient (Wildman–Crippen LogP) is 2.41. The Morgan fingerprint density at radius 1 is 1.29 bits per heavy atom. The number of nitrogens with one attached hydrogen (secondary N) is 1. The molecule has 0 radical (unpaired) electrons. The zero-order valence-electron chi connectivity index (χ0n) is 9.55. The van der Waals surface area contributed by atoms with Crippen LogP contribution in [0.3, 0.4) is 0 Å². The van der Waals surface area contributed by atoms with Gasteiger partial charge in [0.1, 0.15) is 11.5 Å². The number of aromatic nitrogens is 1. The Hall–Kier alpha value is -2.23. The first-order valence-corrected chi connectivity index (χ1v) is 5.30. The molecule has 0 saturated heterocycles. The molecule has 0 aliphatic rings. The maximum absolute atomic E-state index is 9.11. The summed E-state index contributed by atoms with van der Waals surface area (Å²) in [6.45, 7) is 0.605. The van der Waals surface area contributed by atoms with Crippen LogP contribution >= 0.6 is 0 Å². The fourth-order valence-corrected chi connectivity index (χ4v) is 1.45. The van der Waals surface area contributed by atoms with E-state index in [1.807, 2.05) is 24.3 Å². The van der Waals surface area contributed by atoms with E-state index in [4.69, 9.17) is 9.84 Å². The molecule has 0 aliphatic heterocycles. The largest absolute Gasteiger partial charge is 0.506 e. The Morgan fingerprint density at radius 2 is 2.18 bits per heavy atom. The van der Waals surface area contributed by atoms with Crippen LogP contribution in [0.2, 0.25) is 0 Å². The van der Waals surface area contributed by atoms with Gasteiger partial charge in [0.15, 0.2) is 0 Å². The summed E-state index contributed by atoms with van der Waals surface area (Å²) < 4.78 is 5.13. The Bertz CT molecular complexity index is 483. The van der Waals surface area contributed by atoms with Gasteiger partial charge in [-0.15, -0.1) is 0 Å². The minimum absolute atomic E-state index is 0.176. The van der Waals surface area contributed by atoms with Gasteiger partial charge in [-0.1, -0.05) is 6.07 Å². The van der Waals surface area contributed by atoms with E-state index in [1.165, 1.54) is 6.20 Å². The maximum Gasteiger partial charge on any atom is 0.133 e. The third kappa shape index (κ3) is 3.11. The van der Waals surface area contributed by atoms with Crippen molar-refractivity contribution in [2.75, 3.05) is 12.4 Å². The minimum Gasteiger partial charge on any atom is -0.506 e. The first kappa shape index (κ1) is 11.3. The summed E-state index contributed by atoms with van der Waals surface area (Å²) in [7, 11) is 1.64. The quantitative estimate of drug-likeness (QED) is 0.846. The van der Waals surface area contributed by atoms with Crippen LogP contribution in [0.5, 0.6) is 11.5 Å². The van der Waals surface area contributed by atoms with E-state index in [2.05, 4.69) is 10.3 Å². The highest BCUT2D eigenvalue weighted by Gasteiger charge is 1.97. The number of hydrogen-bond donors (Lipinski definition) is 2. The fraction of sp³-hybridized carbons (Fsp3) is 0.154. The second-order valence-corrected chi connectivity index (χ2v) is 3.59. The van der Waals surface area contributed by atoms with Gasteiger partial charge < -0.3 is 15.2 Å². The maximum atomic E-state index is 9.11. The average Bonchev–Trinajstić information content (AvgIpc) is 2.38. The zero-order valence-corrected chi connectivity index (χ0v) is 9.55. The molecular weight excluding hydrogens is 216 g/mol. The molecule has 0 bridgehead atoms. The van der Waals surface area contributed by atoms with Gasteiger partial charge in [0.25, 0.3) is 0 Å². The molecule has 0 saturated carbocycles. The number of ether oxygens (including phenoxy) is 1. The van der Waals surface area contributed by atoms with Crippen LogP contribution in [0.25, 0.3) is 0 Å². The highest BCUT2D eigenvalue weighted by Crippen LogP contribution is 2.17. The third-order valence-electron chi connectivity index (χ3n) is 2.35. The van der Waals surface area contributed by atoms with Gasteiger partial charge in [-0.3, -0.25) is 4.98 Å². The van der Waals surface area contributed by atoms with Crippen LogP contribution in [0, 0.1) is 0 Å². The molecule has 1 aromatic carbocycles. The van der Waals surface area contributed by atoms with E-state index in [0.29, 0.717) is 6.54 Å². The van der Waals surface area contributed by atoms with Crippen molar-refractivity contribution in [1.82, 2.24) is 4.98 Å². The molecule has 0 atom stereocenters. The van der Waals surface area contributed by atoms with Crippen LogP contribution in [0.1, 0.15) is 5.69 Å². The molecule has 0 aliphatic carbocycles. The van der Waals surface area contributed by atoms with Gasteiger partial charge in [-0.05, 0) is 24.3 Å². The summed E-state index contributed by atoms with van der Waals surface area (Å²) in [6.07, 6.45) is 1.43. The molecule has 17 heavy (non-hydrogen) atoms. The molecule has 1 aromatic heterocycles. The van der Waals surface area contributed by atoms with Crippen LogP contribution in [0.4, 0.5) is 5.69 Å². The Labute approximate surface area is 99.9 Å². The lowest BCUT2D eigenvalue weighted by Gasteiger charge is -2.07. The van der Waals surface area contributed by atoms with Crippen LogP contribution < -0.4 is 10.1 Å². The Balaban J connectivity index is 1.99. The summed E-state index contributed by atoms with van der Waals surface area (Å²) >= 11 is 0. The number of hydrogen-bond acceptors (Lipinski definition) is 4. The molecule has 0 spiro atoms. The highest BCUT2D eigenvalue weighted by atomic mass is 16.5. The molecule has 2 rings (SSSR count). The Kier molecular flexibility index (Phi) is 3.45. The summed E-state index contributed by atoms with van der Waals surface area (Å²) in [5.74, 6) is 0.990. The van der Waals surface area contributed by atoms with Crippen molar-refractivity contribution in [2.24, 2.45) is 0 Å². The molecule has 0 amide bonds. The van der Waals surface area contributed by atoms with E-state index >= 15 is 0 Å². The molecule has 1 heterocycles. The highest BCUT2D eigenvalue weighted by molar-refractivity contribution is 5.48. The van der Waals surface area contributed by atoms with Crippen LogP contribution in [-0.4, -0.2) is 17.2 Å². The lowest BCUT2D eigenvalue weighted by Crippen LogP contribution is -2.01. The summed E-state index contributed by atoms with van der Waals surface area (Å²) in [6, 6.07) is 11.1. The van der Waals surface area contributed by atoms with Gasteiger partial charge >= 0.3 is 0 Å². The summed E-state index contributed by atoms with van der Waals surface area (Å²) in [5.41, 5.74) is 1.84. The second-order valence-electron chi connectivity index (χ2n) is 3.59. The van der Waals surface area contributed by atoms with Crippen molar-refractivity contribution < 1.29 is 9.84 Å². The monoisotopic (exact) mass is 230 g/mol. The molecule has 2 N–H and O–H groups in total. The first-order chi connectivity index (χ1) is 8.28. The van der Waals surface area contributed by atoms with Crippen molar-refractivity contribution in [3.05, 3.63) is 48.3 Å². The van der Waals surface area contributed by atoms with E-state index in [9.17, 15) is 0 Å². The summed E-state index contributed by atoms with van der Waals surface area (Å²) in [4.78, 5) is 4.09. The molecule has 4 heteroatoms. The number of pyridine rings is 1. The van der Waals surface area contributed by atoms with Crippen LogP contribution in [-0.2, 0) is 6.54 Å². The van der Waals surface area contributed by atoms with Crippen molar-refractivity contribution in [3.8, 4) is 11.5 Å². The average molecular weight is 230 g/mol. The van der Waals surface area contributed by atoms with Crippen molar-refractivity contribution in [3.63, 3.8) is 0 Å². The third-order valence-corrected chi connectivity index (χ3v) is 2.35. The van der Waals surface area contributed by atoms with E-state index in [1.54, 1.807) is 19.2 Å². The minimum atomic E-state index is 0.176. The normalized spacial score (nSPS) is 9.94. The van der Waals surface area contributed by atoms with Gasteiger partial charge in [0.05, 0.1) is 25.5 Å². The SMILES string of the molecule is COc1cccc(NCc2ccc(O)cn2)c1. The van der Waals surface area contributed by atoms with E-state index in [0.717, 1.165) is 17.1 Å². The topological polar surface area (TPSA) is 54.4 Å². The van der Waals surface area contributed by atoms with Gasteiger partial charge in [-0.25, -0.2) is 0 Å². The van der Waals surface area contributed by atoms with Crippen molar-refractivity contribution in [1.29, 1.82) is 0 Å². The fourth-order valence-electron chi connectivity index (χ4n) is 1.45. The molecule has 0 unspecified atom stereocenters. The summed E-state index contributed by atoms with van der Waals surface area (Å²) in [5, 5.41) is 12.3. The van der Waals surface area contributed by atoms with Crippen molar-refractivity contribution in [2.45, 2.75) is 6.54 Å². The molecule has 2 aromatic rings. The lowest BCUT2D eigenvalue weighted by atomic mass is 10.3. The number of aromatic hydroxyl groups is 1. The molecule has 88 valence electrons. The number of methoxy groups -OCH3 is 1. The van der Waals surface area contributed by atoms with Gasteiger partial charge in [-0.2, -0.15) is 0 Å². The number of nitrogens with zero attached hydrogens (tertiary/aromatic N) is 1. The second kappa shape index (κ2) is 5.21. The predicted molar refractivity (Wildman–Crippen MR) is 66.2 cm³/mol. The Morgan fingerprint density at radius 3 is 2.88 bits per heavy atom. The lowest BCUT2D eigenvalue weighted by molar-refractivity contribution is 0.415. The standard InChI is InChI=1S/C13H14N2O2/c1-17-13-4-2-3-10(7-13)14-8-11-5-6-12(16)9-15-11/h2-7,9,14,16H,8H2,1H3. The van der Waals surface area contributed by atoms with Gasteiger partial charge in [0.2, 0.25) is 0 Å². The first-order valence-electron chi connectivity index (χ1n) is 5.30. The molecule has 4 nitrogen and oxygen atoms in total. The molecule has 0 fully saturated rings. The zero-order chi connectivity index (χ0) is 12.1. The smallest absolute Gasteiger partial charge is 0.133 e. The number of rotatable bonds is 4. The van der Waals surface area contributed by atoms with Gasteiger partial charge in [0, 0.05) is 11.8 Å². The number of anilines is 1. The van der Waals surface area contributed by atoms with Crippen molar-refractivity contribution >= 4 is 5.69 Å². The van der Waals surface area contributed by atoms with E-state index < -0.39 is 0 Å². The van der Waals surface area contributed by atoms with E-state index in [-0.39, 0.29) is 5.75 Å². The van der Waals surface area contributed by atoms with Crippen LogP contribution in [0.15, 0.2) is 42.6 Å². The molecular formula is C13H14N2O2.